The summed E-state index contributed by atoms with van der Waals surface area (Å²) in [6.07, 6.45) is 5.58. The van der Waals surface area contributed by atoms with Crippen LogP contribution in [0.25, 0.3) is 0 Å². The number of nitrogens with zero attached hydrogens (tertiary/aromatic N) is 5. The summed E-state index contributed by atoms with van der Waals surface area (Å²) in [4.78, 5) is 28.4. The molecule has 8 heteroatoms. The zero-order valence-corrected chi connectivity index (χ0v) is 17.7. The molecule has 0 bridgehead atoms. The van der Waals surface area contributed by atoms with Crippen LogP contribution in [0.1, 0.15) is 23.2 Å². The Labute approximate surface area is 177 Å². The molecule has 0 atom stereocenters. The zero-order chi connectivity index (χ0) is 20.9. The Bertz CT molecular complexity index is 847. The van der Waals surface area contributed by atoms with Gasteiger partial charge in [-0.15, -0.1) is 0 Å². The molecule has 0 spiro atoms. The third kappa shape index (κ3) is 4.33. The number of anilines is 1. The molecule has 4 rings (SSSR count). The van der Waals surface area contributed by atoms with E-state index in [2.05, 4.69) is 19.8 Å². The van der Waals surface area contributed by atoms with Gasteiger partial charge in [0.2, 0.25) is 5.95 Å². The van der Waals surface area contributed by atoms with Gasteiger partial charge in [0.25, 0.3) is 5.91 Å². The molecule has 1 aromatic heterocycles. The molecule has 0 unspecified atom stereocenters. The number of aromatic nitrogens is 2. The summed E-state index contributed by atoms with van der Waals surface area (Å²) in [5, 5.41) is 0. The normalized spacial score (nSPS) is 18.3. The lowest BCUT2D eigenvalue weighted by atomic mass is 10.0. The predicted molar refractivity (Wildman–Crippen MR) is 114 cm³/mol. The molecule has 1 amide bonds. The van der Waals surface area contributed by atoms with E-state index in [0.29, 0.717) is 23.1 Å². The molecule has 1 aromatic carbocycles. The van der Waals surface area contributed by atoms with Crippen molar-refractivity contribution in [3.05, 3.63) is 42.2 Å². The Morgan fingerprint density at radius 1 is 0.933 bits per heavy atom. The van der Waals surface area contributed by atoms with Crippen LogP contribution in [0, 0.1) is 0 Å². The van der Waals surface area contributed by atoms with Crippen molar-refractivity contribution in [3.63, 3.8) is 0 Å². The van der Waals surface area contributed by atoms with Crippen molar-refractivity contribution in [3.8, 4) is 11.5 Å². The van der Waals surface area contributed by atoms with Gasteiger partial charge in [0.15, 0.2) is 11.5 Å². The first kappa shape index (κ1) is 20.4. The van der Waals surface area contributed by atoms with Crippen molar-refractivity contribution in [2.75, 3.05) is 58.4 Å². The molecule has 2 aliphatic rings. The topological polar surface area (TPSA) is 71.0 Å². The number of hydrogen-bond donors (Lipinski definition) is 0. The second kappa shape index (κ2) is 9.30. The molecular weight excluding hydrogens is 382 g/mol. The molecule has 0 saturated carbocycles. The van der Waals surface area contributed by atoms with E-state index in [9.17, 15) is 4.79 Å². The molecule has 0 N–H and O–H groups in total. The largest absolute Gasteiger partial charge is 0.493 e. The molecular formula is C22H29N5O3. The number of piperazine rings is 1. The maximum atomic E-state index is 12.9. The van der Waals surface area contributed by atoms with Crippen molar-refractivity contribution in [1.82, 2.24) is 19.8 Å². The van der Waals surface area contributed by atoms with Gasteiger partial charge in [-0.3, -0.25) is 9.69 Å². The van der Waals surface area contributed by atoms with Gasteiger partial charge in [0, 0.05) is 63.3 Å². The Kier molecular flexibility index (Phi) is 6.32. The van der Waals surface area contributed by atoms with Gasteiger partial charge < -0.3 is 19.3 Å². The highest BCUT2D eigenvalue weighted by Crippen LogP contribution is 2.29. The van der Waals surface area contributed by atoms with Gasteiger partial charge in [0.05, 0.1) is 14.2 Å². The molecule has 2 aliphatic heterocycles. The van der Waals surface area contributed by atoms with Gasteiger partial charge in [-0.25, -0.2) is 9.97 Å². The van der Waals surface area contributed by atoms with Crippen LogP contribution < -0.4 is 14.4 Å². The van der Waals surface area contributed by atoms with Crippen LogP contribution in [0.2, 0.25) is 0 Å². The summed E-state index contributed by atoms with van der Waals surface area (Å²) < 4.78 is 10.6. The second-order valence-electron chi connectivity index (χ2n) is 7.66. The predicted octanol–water partition coefficient (Wildman–Crippen LogP) is 1.92. The minimum atomic E-state index is 0.0560. The van der Waals surface area contributed by atoms with E-state index in [1.165, 1.54) is 0 Å². The van der Waals surface area contributed by atoms with Crippen molar-refractivity contribution >= 4 is 11.9 Å². The number of carbonyl (C=O) groups is 1. The molecule has 2 saturated heterocycles. The molecule has 0 radical (unpaired) electrons. The number of carbonyl (C=O) groups excluding carboxylic acids is 1. The van der Waals surface area contributed by atoms with Crippen LogP contribution in [0.4, 0.5) is 5.95 Å². The second-order valence-corrected chi connectivity index (χ2v) is 7.66. The van der Waals surface area contributed by atoms with Gasteiger partial charge in [-0.05, 0) is 37.1 Å². The third-order valence-electron chi connectivity index (χ3n) is 6.05. The maximum Gasteiger partial charge on any atom is 0.253 e. The summed E-state index contributed by atoms with van der Waals surface area (Å²) in [7, 11) is 3.18. The van der Waals surface area contributed by atoms with Crippen LogP contribution in [-0.2, 0) is 0 Å². The lowest BCUT2D eigenvalue weighted by Crippen LogP contribution is -2.54. The summed E-state index contributed by atoms with van der Waals surface area (Å²) in [6.45, 7) is 5.45. The van der Waals surface area contributed by atoms with E-state index in [-0.39, 0.29) is 5.91 Å². The van der Waals surface area contributed by atoms with E-state index in [0.717, 1.165) is 58.1 Å². The smallest absolute Gasteiger partial charge is 0.253 e. The number of likely N-dealkylation sites (tertiary alicyclic amines) is 1. The molecule has 30 heavy (non-hydrogen) atoms. The average molecular weight is 412 g/mol. The van der Waals surface area contributed by atoms with Crippen LogP contribution in [0.5, 0.6) is 11.5 Å². The quantitative estimate of drug-likeness (QED) is 0.744. The standard InChI is InChI=1S/C22H29N5O3/c1-29-19-5-4-17(16-20(19)30-2)21(28)26-10-6-18(7-11-26)25-12-14-27(15-13-25)22-23-8-3-9-24-22/h3-5,8-9,16,18H,6-7,10-15H2,1-2H3. The third-order valence-corrected chi connectivity index (χ3v) is 6.05. The van der Waals surface area contributed by atoms with Crippen molar-refractivity contribution in [1.29, 1.82) is 0 Å². The molecule has 2 fully saturated rings. The minimum absolute atomic E-state index is 0.0560. The number of benzene rings is 1. The number of amides is 1. The average Bonchev–Trinajstić information content (AvgIpc) is 2.84. The molecule has 160 valence electrons. The van der Waals surface area contributed by atoms with Crippen LogP contribution in [0.15, 0.2) is 36.7 Å². The first-order valence-electron chi connectivity index (χ1n) is 10.5. The summed E-state index contributed by atoms with van der Waals surface area (Å²) in [5.74, 6) is 2.08. The molecule has 0 aliphatic carbocycles. The first-order valence-corrected chi connectivity index (χ1v) is 10.5. The van der Waals surface area contributed by atoms with Crippen molar-refractivity contribution in [2.24, 2.45) is 0 Å². The SMILES string of the molecule is COc1ccc(C(=O)N2CCC(N3CCN(c4ncccn4)CC3)CC2)cc1OC. The Hall–Kier alpha value is -2.87. The zero-order valence-electron chi connectivity index (χ0n) is 17.7. The number of hydrogen-bond acceptors (Lipinski definition) is 7. The number of methoxy groups -OCH3 is 2. The van der Waals surface area contributed by atoms with E-state index in [1.54, 1.807) is 44.8 Å². The number of ether oxygens (including phenoxy) is 2. The van der Waals surface area contributed by atoms with Gasteiger partial charge in [-0.1, -0.05) is 0 Å². The number of piperidine rings is 1. The van der Waals surface area contributed by atoms with E-state index in [1.807, 2.05) is 11.0 Å². The number of rotatable bonds is 5. The fourth-order valence-electron chi connectivity index (χ4n) is 4.33. The molecule has 8 nitrogen and oxygen atoms in total. The van der Waals surface area contributed by atoms with Gasteiger partial charge in [-0.2, -0.15) is 0 Å². The van der Waals surface area contributed by atoms with Gasteiger partial charge >= 0.3 is 0 Å². The van der Waals surface area contributed by atoms with Gasteiger partial charge in [0.1, 0.15) is 0 Å². The van der Waals surface area contributed by atoms with E-state index in [4.69, 9.17) is 9.47 Å². The molecule has 3 heterocycles. The van der Waals surface area contributed by atoms with Crippen molar-refractivity contribution in [2.45, 2.75) is 18.9 Å². The fourth-order valence-corrected chi connectivity index (χ4v) is 4.33. The lowest BCUT2D eigenvalue weighted by molar-refractivity contribution is 0.0610. The summed E-state index contributed by atoms with van der Waals surface area (Å²) >= 11 is 0. The van der Waals surface area contributed by atoms with E-state index < -0.39 is 0 Å². The van der Waals surface area contributed by atoms with Crippen molar-refractivity contribution < 1.29 is 14.3 Å². The Balaban J connectivity index is 1.29. The fraction of sp³-hybridized carbons (Fsp3) is 0.500. The van der Waals surface area contributed by atoms with Crippen LogP contribution in [0.3, 0.4) is 0 Å². The Morgan fingerprint density at radius 3 is 2.23 bits per heavy atom. The van der Waals surface area contributed by atoms with Crippen LogP contribution >= 0.6 is 0 Å². The maximum absolute atomic E-state index is 12.9. The first-order chi connectivity index (χ1) is 14.7. The lowest BCUT2D eigenvalue weighted by Gasteiger charge is -2.42. The summed E-state index contributed by atoms with van der Waals surface area (Å²) in [5.41, 5.74) is 0.641. The minimum Gasteiger partial charge on any atom is -0.493 e. The summed E-state index contributed by atoms with van der Waals surface area (Å²) in [6, 6.07) is 7.72. The highest BCUT2D eigenvalue weighted by Gasteiger charge is 2.30. The monoisotopic (exact) mass is 411 g/mol. The molecule has 2 aromatic rings. The van der Waals surface area contributed by atoms with Crippen LogP contribution in [-0.4, -0.2) is 85.2 Å². The highest BCUT2D eigenvalue weighted by molar-refractivity contribution is 5.95. The Morgan fingerprint density at radius 2 is 1.60 bits per heavy atom. The highest BCUT2D eigenvalue weighted by atomic mass is 16.5. The van der Waals surface area contributed by atoms with E-state index >= 15 is 0 Å².